The van der Waals surface area contributed by atoms with Crippen LogP contribution in [0.2, 0.25) is 0 Å². The molecule has 1 heterocycles. The molecule has 1 aromatic rings. The van der Waals surface area contributed by atoms with Crippen LogP contribution in [0.15, 0.2) is 4.52 Å². The standard InChI is InChI=1S/C10H18N4O3/c1-7-13-9(14-17-7)6-12-10(15)8(11)4-3-5-16-2/h8H,3-6,11H2,1-2H3,(H,12,15). The molecule has 1 aromatic heterocycles. The Bertz CT molecular complexity index is 353. The van der Waals surface area contributed by atoms with E-state index in [0.717, 1.165) is 6.42 Å². The summed E-state index contributed by atoms with van der Waals surface area (Å²) >= 11 is 0. The van der Waals surface area contributed by atoms with Crippen LogP contribution < -0.4 is 11.1 Å². The lowest BCUT2D eigenvalue weighted by atomic mass is 10.1. The zero-order valence-electron chi connectivity index (χ0n) is 10.1. The van der Waals surface area contributed by atoms with E-state index in [1.54, 1.807) is 14.0 Å². The quantitative estimate of drug-likeness (QED) is 0.639. The van der Waals surface area contributed by atoms with E-state index in [9.17, 15) is 4.79 Å². The van der Waals surface area contributed by atoms with E-state index in [1.165, 1.54) is 0 Å². The van der Waals surface area contributed by atoms with Crippen molar-refractivity contribution in [2.45, 2.75) is 32.4 Å². The van der Waals surface area contributed by atoms with Crippen molar-refractivity contribution in [2.75, 3.05) is 13.7 Å². The molecule has 17 heavy (non-hydrogen) atoms. The number of nitrogens with two attached hydrogens (primary N) is 1. The van der Waals surface area contributed by atoms with E-state index in [1.807, 2.05) is 0 Å². The maximum Gasteiger partial charge on any atom is 0.237 e. The van der Waals surface area contributed by atoms with E-state index in [-0.39, 0.29) is 12.5 Å². The van der Waals surface area contributed by atoms with Gasteiger partial charge in [-0.05, 0) is 12.8 Å². The lowest BCUT2D eigenvalue weighted by molar-refractivity contribution is -0.122. The molecule has 0 bridgehead atoms. The van der Waals surface area contributed by atoms with Gasteiger partial charge in [0.2, 0.25) is 11.8 Å². The summed E-state index contributed by atoms with van der Waals surface area (Å²) < 4.78 is 9.66. The van der Waals surface area contributed by atoms with Gasteiger partial charge in [-0.2, -0.15) is 4.98 Å². The molecular weight excluding hydrogens is 224 g/mol. The van der Waals surface area contributed by atoms with Gasteiger partial charge in [0, 0.05) is 20.6 Å². The maximum absolute atomic E-state index is 11.6. The molecule has 1 rings (SSSR count). The number of amides is 1. The number of ether oxygens (including phenoxy) is 1. The highest BCUT2D eigenvalue weighted by molar-refractivity contribution is 5.81. The second-order valence-electron chi connectivity index (χ2n) is 3.69. The third-order valence-electron chi connectivity index (χ3n) is 2.19. The lowest BCUT2D eigenvalue weighted by Crippen LogP contribution is -2.40. The summed E-state index contributed by atoms with van der Waals surface area (Å²) in [5.41, 5.74) is 5.70. The monoisotopic (exact) mass is 242 g/mol. The van der Waals surface area contributed by atoms with Gasteiger partial charge in [0.15, 0.2) is 5.82 Å². The van der Waals surface area contributed by atoms with Crippen LogP contribution in [0.25, 0.3) is 0 Å². The summed E-state index contributed by atoms with van der Waals surface area (Å²) in [7, 11) is 1.62. The smallest absolute Gasteiger partial charge is 0.237 e. The molecule has 0 fully saturated rings. The first-order chi connectivity index (χ1) is 8.13. The first kappa shape index (κ1) is 13.6. The van der Waals surface area contributed by atoms with Crippen LogP contribution >= 0.6 is 0 Å². The number of aryl methyl sites for hydroxylation is 1. The second-order valence-corrected chi connectivity index (χ2v) is 3.69. The summed E-state index contributed by atoms with van der Waals surface area (Å²) in [6.07, 6.45) is 1.34. The van der Waals surface area contributed by atoms with Gasteiger partial charge in [0.05, 0.1) is 12.6 Å². The summed E-state index contributed by atoms with van der Waals surface area (Å²) in [5.74, 6) is 0.696. The predicted octanol–water partition coefficient (Wildman–Crippen LogP) is -0.252. The van der Waals surface area contributed by atoms with Gasteiger partial charge >= 0.3 is 0 Å². The normalized spacial score (nSPS) is 12.4. The third kappa shape index (κ3) is 4.92. The minimum atomic E-state index is -0.529. The molecule has 3 N–H and O–H groups in total. The molecule has 0 radical (unpaired) electrons. The Labute approximate surface area is 99.7 Å². The van der Waals surface area contributed by atoms with Gasteiger partial charge in [-0.1, -0.05) is 5.16 Å². The molecular formula is C10H18N4O3. The van der Waals surface area contributed by atoms with Gasteiger partial charge in [-0.25, -0.2) is 0 Å². The van der Waals surface area contributed by atoms with Crippen LogP contribution in [-0.2, 0) is 16.1 Å². The van der Waals surface area contributed by atoms with E-state index < -0.39 is 6.04 Å². The number of hydrogen-bond acceptors (Lipinski definition) is 6. The zero-order chi connectivity index (χ0) is 12.7. The number of nitrogens with zero attached hydrogens (tertiary/aromatic N) is 2. The van der Waals surface area contributed by atoms with E-state index in [2.05, 4.69) is 15.5 Å². The average Bonchev–Trinajstić information content (AvgIpc) is 2.72. The summed E-state index contributed by atoms with van der Waals surface area (Å²) in [6.45, 7) is 2.52. The van der Waals surface area contributed by atoms with Crippen molar-refractivity contribution in [3.05, 3.63) is 11.7 Å². The largest absolute Gasteiger partial charge is 0.385 e. The first-order valence-corrected chi connectivity index (χ1v) is 5.45. The fraction of sp³-hybridized carbons (Fsp3) is 0.700. The van der Waals surface area contributed by atoms with E-state index in [0.29, 0.717) is 24.7 Å². The van der Waals surface area contributed by atoms with Gasteiger partial charge in [-0.3, -0.25) is 4.79 Å². The van der Waals surface area contributed by atoms with Crippen molar-refractivity contribution in [3.8, 4) is 0 Å². The van der Waals surface area contributed by atoms with Gasteiger partial charge in [0.1, 0.15) is 0 Å². The van der Waals surface area contributed by atoms with Crippen molar-refractivity contribution in [3.63, 3.8) is 0 Å². The number of rotatable bonds is 7. The van der Waals surface area contributed by atoms with E-state index >= 15 is 0 Å². The first-order valence-electron chi connectivity index (χ1n) is 5.45. The van der Waals surface area contributed by atoms with Gasteiger partial charge in [-0.15, -0.1) is 0 Å². The fourth-order valence-corrected chi connectivity index (χ4v) is 1.29. The summed E-state index contributed by atoms with van der Waals surface area (Å²) in [6, 6.07) is -0.529. The maximum atomic E-state index is 11.6. The minimum absolute atomic E-state index is 0.219. The Morgan fingerprint density at radius 1 is 1.65 bits per heavy atom. The van der Waals surface area contributed by atoms with E-state index in [4.69, 9.17) is 15.0 Å². The minimum Gasteiger partial charge on any atom is -0.385 e. The summed E-state index contributed by atoms with van der Waals surface area (Å²) in [5, 5.41) is 6.31. The van der Waals surface area contributed by atoms with Crippen molar-refractivity contribution in [1.82, 2.24) is 15.5 Å². The average molecular weight is 242 g/mol. The second kappa shape index (κ2) is 6.97. The van der Waals surface area contributed by atoms with Gasteiger partial charge < -0.3 is 20.3 Å². The van der Waals surface area contributed by atoms with Crippen LogP contribution in [0.5, 0.6) is 0 Å². The lowest BCUT2D eigenvalue weighted by Gasteiger charge is -2.10. The van der Waals surface area contributed by atoms with Gasteiger partial charge in [0.25, 0.3) is 0 Å². The van der Waals surface area contributed by atoms with Crippen molar-refractivity contribution in [1.29, 1.82) is 0 Å². The Morgan fingerprint density at radius 3 is 3.00 bits per heavy atom. The number of hydrogen-bond donors (Lipinski definition) is 2. The molecule has 0 aliphatic heterocycles. The molecule has 0 aromatic carbocycles. The Hall–Kier alpha value is -1.47. The summed E-state index contributed by atoms with van der Waals surface area (Å²) in [4.78, 5) is 15.5. The molecule has 96 valence electrons. The third-order valence-corrected chi connectivity index (χ3v) is 2.19. The van der Waals surface area contributed by atoms with Crippen LogP contribution in [0.4, 0.5) is 0 Å². The molecule has 0 aliphatic rings. The van der Waals surface area contributed by atoms with Crippen LogP contribution in [0.3, 0.4) is 0 Å². The number of carbonyl (C=O) groups is 1. The Morgan fingerprint density at radius 2 is 2.41 bits per heavy atom. The van der Waals surface area contributed by atoms with Crippen LogP contribution in [-0.4, -0.2) is 35.8 Å². The molecule has 0 spiro atoms. The van der Waals surface area contributed by atoms with Crippen molar-refractivity contribution < 1.29 is 14.1 Å². The predicted molar refractivity (Wildman–Crippen MR) is 60.0 cm³/mol. The Kier molecular flexibility index (Phi) is 5.58. The highest BCUT2D eigenvalue weighted by Gasteiger charge is 2.13. The SMILES string of the molecule is COCCCC(N)C(=O)NCc1noc(C)n1. The molecule has 1 unspecified atom stereocenters. The molecule has 0 saturated heterocycles. The molecule has 1 amide bonds. The zero-order valence-corrected chi connectivity index (χ0v) is 10.1. The fourth-order valence-electron chi connectivity index (χ4n) is 1.29. The Balaban J connectivity index is 2.24. The number of carbonyl (C=O) groups excluding carboxylic acids is 1. The van der Waals surface area contributed by atoms with Crippen LogP contribution in [0.1, 0.15) is 24.6 Å². The van der Waals surface area contributed by atoms with Crippen LogP contribution in [0, 0.1) is 6.92 Å². The van der Waals surface area contributed by atoms with Crippen molar-refractivity contribution >= 4 is 5.91 Å². The molecule has 0 saturated carbocycles. The number of methoxy groups -OCH3 is 1. The molecule has 1 atom stereocenters. The molecule has 0 aliphatic carbocycles. The molecule has 7 heteroatoms. The highest BCUT2D eigenvalue weighted by atomic mass is 16.5. The topological polar surface area (TPSA) is 103 Å². The number of nitrogens with one attached hydrogen (secondary N) is 1. The highest BCUT2D eigenvalue weighted by Crippen LogP contribution is 1.97. The molecule has 7 nitrogen and oxygen atoms in total. The number of aromatic nitrogens is 2. The van der Waals surface area contributed by atoms with Crippen molar-refractivity contribution in [2.24, 2.45) is 5.73 Å².